The Labute approximate surface area is 193 Å². The number of nitrogens with one attached hydrogen (secondary N) is 1. The maximum atomic E-state index is 5.85. The molecule has 0 unspecified atom stereocenters. The van der Waals surface area contributed by atoms with Crippen LogP contribution >= 0.6 is 12.2 Å². The first-order valence-corrected chi connectivity index (χ1v) is 11.0. The van der Waals surface area contributed by atoms with Crippen molar-refractivity contribution in [3.63, 3.8) is 0 Å². The van der Waals surface area contributed by atoms with Gasteiger partial charge in [0, 0.05) is 35.5 Å². The zero-order valence-electron chi connectivity index (χ0n) is 18.0. The lowest BCUT2D eigenvalue weighted by Crippen LogP contribution is -2.30. The summed E-state index contributed by atoms with van der Waals surface area (Å²) >= 11 is 5.85. The summed E-state index contributed by atoms with van der Waals surface area (Å²) in [7, 11) is 1.68. The predicted molar refractivity (Wildman–Crippen MR) is 131 cm³/mol. The van der Waals surface area contributed by atoms with Crippen LogP contribution in [0.4, 0.5) is 5.69 Å². The second-order valence-corrected chi connectivity index (χ2v) is 8.23. The van der Waals surface area contributed by atoms with Gasteiger partial charge in [-0.25, -0.2) is 0 Å². The molecule has 4 aromatic rings. The van der Waals surface area contributed by atoms with Crippen LogP contribution in [0.25, 0.3) is 5.69 Å². The first-order valence-electron chi connectivity index (χ1n) is 10.5. The SMILES string of the molecule is COc1cccc(N2C(=S)N[C@@H](c3ccccn3)[C@H]2c2cccn2-c2cccc(C)c2)c1. The van der Waals surface area contributed by atoms with E-state index in [9.17, 15) is 0 Å². The Balaban J connectivity index is 1.67. The molecule has 0 aliphatic carbocycles. The minimum Gasteiger partial charge on any atom is -0.497 e. The molecule has 0 bridgehead atoms. The van der Waals surface area contributed by atoms with E-state index in [1.165, 1.54) is 5.56 Å². The molecule has 3 heterocycles. The molecular formula is C26H24N4OS. The van der Waals surface area contributed by atoms with E-state index >= 15 is 0 Å². The summed E-state index contributed by atoms with van der Waals surface area (Å²) in [4.78, 5) is 6.82. The number of aryl methyl sites for hydroxylation is 1. The fourth-order valence-electron chi connectivity index (χ4n) is 4.34. The van der Waals surface area contributed by atoms with E-state index in [4.69, 9.17) is 17.0 Å². The van der Waals surface area contributed by atoms with Crippen LogP contribution in [0.1, 0.15) is 29.0 Å². The van der Waals surface area contributed by atoms with Crippen molar-refractivity contribution in [1.29, 1.82) is 0 Å². The number of pyridine rings is 1. The molecule has 0 radical (unpaired) electrons. The number of benzene rings is 2. The Hall–Kier alpha value is -3.64. The molecule has 2 aromatic carbocycles. The van der Waals surface area contributed by atoms with Crippen molar-refractivity contribution in [3.05, 3.63) is 108 Å². The minimum atomic E-state index is -0.103. The number of aromatic nitrogens is 2. The van der Waals surface area contributed by atoms with Gasteiger partial charge < -0.3 is 19.5 Å². The molecule has 1 saturated heterocycles. The van der Waals surface area contributed by atoms with Crippen LogP contribution in [0.15, 0.2) is 91.3 Å². The Morgan fingerprint density at radius 2 is 1.78 bits per heavy atom. The van der Waals surface area contributed by atoms with Gasteiger partial charge in [-0.15, -0.1) is 0 Å². The van der Waals surface area contributed by atoms with Gasteiger partial charge in [-0.1, -0.05) is 24.3 Å². The van der Waals surface area contributed by atoms with E-state index in [0.717, 1.165) is 28.5 Å². The number of nitrogens with zero attached hydrogens (tertiary/aromatic N) is 3. The summed E-state index contributed by atoms with van der Waals surface area (Å²) in [5.74, 6) is 0.791. The fourth-order valence-corrected chi connectivity index (χ4v) is 4.69. The van der Waals surface area contributed by atoms with Gasteiger partial charge in [-0.2, -0.15) is 0 Å². The third kappa shape index (κ3) is 3.63. The maximum Gasteiger partial charge on any atom is 0.174 e. The summed E-state index contributed by atoms with van der Waals surface area (Å²) in [6.07, 6.45) is 3.93. The standard InChI is InChI=1S/C26H24N4OS/c1-18-8-5-9-19(16-18)29-15-7-13-23(29)25-24(22-12-3-4-14-27-22)28-26(32)30(25)20-10-6-11-21(17-20)31-2/h3-17,24-25H,1-2H3,(H,28,32)/t24-,25+/m0/s1. The summed E-state index contributed by atoms with van der Waals surface area (Å²) in [5.41, 5.74) is 5.38. The van der Waals surface area contributed by atoms with E-state index < -0.39 is 0 Å². The average molecular weight is 441 g/mol. The van der Waals surface area contributed by atoms with Crippen molar-refractivity contribution >= 4 is 23.0 Å². The molecule has 32 heavy (non-hydrogen) atoms. The number of hydrogen-bond acceptors (Lipinski definition) is 3. The molecule has 160 valence electrons. The highest BCUT2D eigenvalue weighted by molar-refractivity contribution is 7.80. The Morgan fingerprint density at radius 3 is 2.56 bits per heavy atom. The lowest BCUT2D eigenvalue weighted by atomic mass is 10.0. The molecule has 1 fully saturated rings. The minimum absolute atomic E-state index is 0.0972. The highest BCUT2D eigenvalue weighted by Gasteiger charge is 2.42. The molecule has 6 heteroatoms. The molecular weight excluding hydrogens is 416 g/mol. The van der Waals surface area contributed by atoms with Crippen molar-refractivity contribution in [2.75, 3.05) is 12.0 Å². The topological polar surface area (TPSA) is 42.3 Å². The molecule has 2 atom stereocenters. The molecule has 1 aliphatic rings. The molecule has 1 N–H and O–H groups in total. The van der Waals surface area contributed by atoms with Gasteiger partial charge in [0.2, 0.25) is 0 Å². The lowest BCUT2D eigenvalue weighted by Gasteiger charge is -2.29. The predicted octanol–water partition coefficient (Wildman–Crippen LogP) is 5.37. The lowest BCUT2D eigenvalue weighted by molar-refractivity contribution is 0.414. The second kappa shape index (κ2) is 8.48. The smallest absolute Gasteiger partial charge is 0.174 e. The van der Waals surface area contributed by atoms with Gasteiger partial charge in [-0.3, -0.25) is 4.98 Å². The number of ether oxygens (including phenoxy) is 1. The highest BCUT2D eigenvalue weighted by Crippen LogP contribution is 2.42. The third-order valence-corrected chi connectivity index (χ3v) is 6.11. The van der Waals surface area contributed by atoms with E-state index in [1.54, 1.807) is 7.11 Å². The van der Waals surface area contributed by atoms with Crippen molar-refractivity contribution in [3.8, 4) is 11.4 Å². The summed E-state index contributed by atoms with van der Waals surface area (Å²) in [6, 6.07) is 26.5. The first kappa shape index (κ1) is 20.3. The van der Waals surface area contributed by atoms with Gasteiger partial charge in [-0.05, 0) is 73.2 Å². The Kier molecular flexibility index (Phi) is 5.37. The number of rotatable bonds is 5. The highest BCUT2D eigenvalue weighted by atomic mass is 32.1. The zero-order chi connectivity index (χ0) is 22.1. The summed E-state index contributed by atoms with van der Waals surface area (Å²) in [5, 5.41) is 4.19. The fraction of sp³-hybridized carbons (Fsp3) is 0.154. The summed E-state index contributed by atoms with van der Waals surface area (Å²) in [6.45, 7) is 2.11. The summed E-state index contributed by atoms with van der Waals surface area (Å²) < 4.78 is 7.72. The van der Waals surface area contributed by atoms with E-state index in [-0.39, 0.29) is 12.1 Å². The zero-order valence-corrected chi connectivity index (χ0v) is 18.8. The maximum absolute atomic E-state index is 5.85. The van der Waals surface area contributed by atoms with Gasteiger partial charge in [0.25, 0.3) is 0 Å². The number of thiocarbonyl (C=S) groups is 1. The van der Waals surface area contributed by atoms with Crippen molar-refractivity contribution < 1.29 is 4.74 Å². The van der Waals surface area contributed by atoms with Crippen LogP contribution in [0.5, 0.6) is 5.75 Å². The number of anilines is 1. The quantitative estimate of drug-likeness (QED) is 0.423. The molecule has 0 spiro atoms. The van der Waals surface area contributed by atoms with Gasteiger partial charge in [0.05, 0.1) is 18.8 Å². The van der Waals surface area contributed by atoms with Crippen LogP contribution in [0.2, 0.25) is 0 Å². The van der Waals surface area contributed by atoms with Crippen LogP contribution < -0.4 is 15.0 Å². The molecule has 0 amide bonds. The van der Waals surface area contributed by atoms with Crippen LogP contribution in [0.3, 0.4) is 0 Å². The van der Waals surface area contributed by atoms with Crippen LogP contribution in [-0.2, 0) is 0 Å². The number of methoxy groups -OCH3 is 1. The van der Waals surface area contributed by atoms with Crippen molar-refractivity contribution in [1.82, 2.24) is 14.9 Å². The van der Waals surface area contributed by atoms with Crippen LogP contribution in [0, 0.1) is 6.92 Å². The van der Waals surface area contributed by atoms with Gasteiger partial charge >= 0.3 is 0 Å². The second-order valence-electron chi connectivity index (χ2n) is 7.84. The van der Waals surface area contributed by atoms with E-state index in [1.807, 2.05) is 42.6 Å². The molecule has 5 nitrogen and oxygen atoms in total. The molecule has 2 aromatic heterocycles. The van der Waals surface area contributed by atoms with Gasteiger partial charge in [0.15, 0.2) is 5.11 Å². The van der Waals surface area contributed by atoms with Crippen molar-refractivity contribution in [2.45, 2.75) is 19.0 Å². The molecule has 1 aliphatic heterocycles. The molecule has 0 saturated carbocycles. The van der Waals surface area contributed by atoms with Crippen LogP contribution in [-0.4, -0.2) is 21.8 Å². The van der Waals surface area contributed by atoms with E-state index in [0.29, 0.717) is 5.11 Å². The van der Waals surface area contributed by atoms with Gasteiger partial charge in [0.1, 0.15) is 11.8 Å². The average Bonchev–Trinajstić information content (AvgIpc) is 3.44. The van der Waals surface area contributed by atoms with Crippen molar-refractivity contribution in [2.24, 2.45) is 0 Å². The Morgan fingerprint density at radius 1 is 0.938 bits per heavy atom. The molecule has 5 rings (SSSR count). The third-order valence-electron chi connectivity index (χ3n) is 5.79. The monoisotopic (exact) mass is 440 g/mol. The Bertz CT molecular complexity index is 1250. The number of hydrogen-bond donors (Lipinski definition) is 1. The normalized spacial score (nSPS) is 17.9. The first-order chi connectivity index (χ1) is 15.7. The van der Waals surface area contributed by atoms with E-state index in [2.05, 4.69) is 75.4 Å². The largest absolute Gasteiger partial charge is 0.497 e.